The fourth-order valence-corrected chi connectivity index (χ4v) is 1.49. The summed E-state index contributed by atoms with van der Waals surface area (Å²) in [6.07, 6.45) is 2.21. The lowest BCUT2D eigenvalue weighted by atomic mass is 10.1. The zero-order chi connectivity index (χ0) is 12.3. The first-order chi connectivity index (χ1) is 7.47. The van der Waals surface area contributed by atoms with Gasteiger partial charge in [0.05, 0.1) is 0 Å². The molecule has 5 nitrogen and oxygen atoms in total. The van der Waals surface area contributed by atoms with Gasteiger partial charge in [0.25, 0.3) is 5.56 Å². The number of anilines is 1. The lowest BCUT2D eigenvalue weighted by Gasteiger charge is -2.10. The van der Waals surface area contributed by atoms with Crippen LogP contribution in [0.25, 0.3) is 0 Å². The molecule has 2 N–H and O–H groups in total. The molecular formula is C11H19N3O2. The Labute approximate surface area is 94.5 Å². The van der Waals surface area contributed by atoms with Crippen LogP contribution in [0.15, 0.2) is 15.8 Å². The highest BCUT2D eigenvalue weighted by molar-refractivity contribution is 5.30. The summed E-state index contributed by atoms with van der Waals surface area (Å²) in [6.45, 7) is 6.90. The van der Waals surface area contributed by atoms with E-state index in [1.54, 1.807) is 0 Å². The predicted octanol–water partition coefficient (Wildman–Crippen LogP) is 0.658. The van der Waals surface area contributed by atoms with Gasteiger partial charge in [-0.1, -0.05) is 13.8 Å². The second-order valence-corrected chi connectivity index (χ2v) is 4.29. The van der Waals surface area contributed by atoms with Crippen LogP contribution in [0.3, 0.4) is 0 Å². The SMILES string of the molecule is CCn1cc(N)c(=O)n(CCC(C)C)c1=O. The van der Waals surface area contributed by atoms with Crippen molar-refractivity contribution in [1.82, 2.24) is 9.13 Å². The molecule has 90 valence electrons. The number of aryl methyl sites for hydroxylation is 1. The number of rotatable bonds is 4. The van der Waals surface area contributed by atoms with Crippen molar-refractivity contribution in [3.63, 3.8) is 0 Å². The lowest BCUT2D eigenvalue weighted by molar-refractivity contribution is 0.479. The summed E-state index contributed by atoms with van der Waals surface area (Å²) < 4.78 is 2.68. The summed E-state index contributed by atoms with van der Waals surface area (Å²) in [5, 5.41) is 0. The summed E-state index contributed by atoms with van der Waals surface area (Å²) in [5.74, 6) is 0.447. The van der Waals surface area contributed by atoms with E-state index in [4.69, 9.17) is 5.73 Å². The van der Waals surface area contributed by atoms with E-state index in [2.05, 4.69) is 13.8 Å². The van der Waals surface area contributed by atoms with Crippen LogP contribution in [0, 0.1) is 5.92 Å². The van der Waals surface area contributed by atoms with E-state index in [-0.39, 0.29) is 16.9 Å². The molecule has 0 aromatic carbocycles. The zero-order valence-corrected chi connectivity index (χ0v) is 10.1. The number of nitrogens with zero attached hydrogens (tertiary/aromatic N) is 2. The summed E-state index contributed by atoms with van der Waals surface area (Å²) in [5.41, 5.74) is 5.05. The van der Waals surface area contributed by atoms with Crippen molar-refractivity contribution in [3.8, 4) is 0 Å². The van der Waals surface area contributed by atoms with Crippen molar-refractivity contribution in [2.24, 2.45) is 5.92 Å². The number of nitrogens with two attached hydrogens (primary N) is 1. The molecule has 1 aromatic heterocycles. The Hall–Kier alpha value is -1.52. The minimum absolute atomic E-state index is 0.130. The van der Waals surface area contributed by atoms with Crippen LogP contribution in [0.1, 0.15) is 27.2 Å². The minimum Gasteiger partial charge on any atom is -0.393 e. The summed E-state index contributed by atoms with van der Waals surface area (Å²) >= 11 is 0. The molecule has 0 aliphatic carbocycles. The van der Waals surface area contributed by atoms with Crippen molar-refractivity contribution < 1.29 is 0 Å². The van der Waals surface area contributed by atoms with Crippen LogP contribution in [0.2, 0.25) is 0 Å². The van der Waals surface area contributed by atoms with Gasteiger partial charge >= 0.3 is 5.69 Å². The maximum Gasteiger partial charge on any atom is 0.331 e. The Kier molecular flexibility index (Phi) is 3.93. The largest absolute Gasteiger partial charge is 0.393 e. The van der Waals surface area contributed by atoms with Gasteiger partial charge in [-0.15, -0.1) is 0 Å². The minimum atomic E-state index is -0.379. The molecule has 1 aromatic rings. The molecule has 0 spiro atoms. The monoisotopic (exact) mass is 225 g/mol. The Bertz CT molecular complexity index is 471. The van der Waals surface area contributed by atoms with Gasteiger partial charge in [0, 0.05) is 19.3 Å². The van der Waals surface area contributed by atoms with Crippen molar-refractivity contribution in [2.75, 3.05) is 5.73 Å². The maximum atomic E-state index is 11.9. The third-order valence-corrected chi connectivity index (χ3v) is 2.53. The first kappa shape index (κ1) is 12.5. The molecule has 0 radical (unpaired) electrons. The number of hydrogen-bond donors (Lipinski definition) is 1. The highest BCUT2D eigenvalue weighted by atomic mass is 16.2. The van der Waals surface area contributed by atoms with Crippen LogP contribution in [0.4, 0.5) is 5.69 Å². The Morgan fingerprint density at radius 3 is 2.50 bits per heavy atom. The fraction of sp³-hybridized carbons (Fsp3) is 0.636. The van der Waals surface area contributed by atoms with Crippen LogP contribution in [-0.2, 0) is 13.1 Å². The molecular weight excluding hydrogens is 206 g/mol. The average Bonchev–Trinajstić information content (AvgIpc) is 2.23. The van der Waals surface area contributed by atoms with E-state index in [0.29, 0.717) is 19.0 Å². The lowest BCUT2D eigenvalue weighted by Crippen LogP contribution is -2.40. The average molecular weight is 225 g/mol. The molecule has 0 atom stereocenters. The Morgan fingerprint density at radius 1 is 1.38 bits per heavy atom. The van der Waals surface area contributed by atoms with Crippen LogP contribution < -0.4 is 17.0 Å². The second-order valence-electron chi connectivity index (χ2n) is 4.29. The van der Waals surface area contributed by atoms with Crippen LogP contribution in [-0.4, -0.2) is 9.13 Å². The van der Waals surface area contributed by atoms with Crippen molar-refractivity contribution >= 4 is 5.69 Å². The molecule has 5 heteroatoms. The summed E-state index contributed by atoms with van der Waals surface area (Å²) in [6, 6.07) is 0. The molecule has 0 saturated heterocycles. The van der Waals surface area contributed by atoms with Gasteiger partial charge in [-0.3, -0.25) is 13.9 Å². The van der Waals surface area contributed by atoms with Crippen LogP contribution >= 0.6 is 0 Å². The van der Waals surface area contributed by atoms with E-state index in [1.807, 2.05) is 6.92 Å². The quantitative estimate of drug-likeness (QED) is 0.818. The second kappa shape index (κ2) is 5.01. The standard InChI is InChI=1S/C11H19N3O2/c1-4-13-7-9(12)10(15)14(11(13)16)6-5-8(2)3/h7-8H,4-6,12H2,1-3H3. The third kappa shape index (κ3) is 2.53. The highest BCUT2D eigenvalue weighted by Gasteiger charge is 2.08. The van der Waals surface area contributed by atoms with E-state index in [1.165, 1.54) is 15.3 Å². The van der Waals surface area contributed by atoms with Gasteiger partial charge in [0.15, 0.2) is 0 Å². The summed E-state index contributed by atoms with van der Waals surface area (Å²) in [4.78, 5) is 23.6. The van der Waals surface area contributed by atoms with E-state index in [0.717, 1.165) is 6.42 Å². The van der Waals surface area contributed by atoms with Crippen molar-refractivity contribution in [1.29, 1.82) is 0 Å². The van der Waals surface area contributed by atoms with Gasteiger partial charge in [0.2, 0.25) is 0 Å². The van der Waals surface area contributed by atoms with Gasteiger partial charge in [-0.05, 0) is 19.3 Å². The number of aromatic nitrogens is 2. The van der Waals surface area contributed by atoms with E-state index in [9.17, 15) is 9.59 Å². The molecule has 0 aliphatic heterocycles. The Balaban J connectivity index is 3.20. The molecule has 0 amide bonds. The molecule has 0 bridgehead atoms. The smallest absolute Gasteiger partial charge is 0.331 e. The molecule has 0 saturated carbocycles. The van der Waals surface area contributed by atoms with Crippen LogP contribution in [0.5, 0.6) is 0 Å². The molecule has 0 aliphatic rings. The molecule has 1 heterocycles. The first-order valence-corrected chi connectivity index (χ1v) is 5.57. The topological polar surface area (TPSA) is 70.0 Å². The molecule has 0 unspecified atom stereocenters. The van der Waals surface area contributed by atoms with E-state index >= 15 is 0 Å². The molecule has 1 rings (SSSR count). The van der Waals surface area contributed by atoms with E-state index < -0.39 is 0 Å². The third-order valence-electron chi connectivity index (χ3n) is 2.53. The van der Waals surface area contributed by atoms with Crippen molar-refractivity contribution in [3.05, 3.63) is 27.0 Å². The van der Waals surface area contributed by atoms with Crippen molar-refractivity contribution in [2.45, 2.75) is 40.3 Å². The number of hydrogen-bond acceptors (Lipinski definition) is 3. The van der Waals surface area contributed by atoms with Gasteiger partial charge < -0.3 is 5.73 Å². The molecule has 16 heavy (non-hydrogen) atoms. The maximum absolute atomic E-state index is 11.9. The molecule has 0 fully saturated rings. The summed E-state index contributed by atoms with van der Waals surface area (Å²) in [7, 11) is 0. The highest BCUT2D eigenvalue weighted by Crippen LogP contribution is 2.00. The fourth-order valence-electron chi connectivity index (χ4n) is 1.49. The van der Waals surface area contributed by atoms with Gasteiger partial charge in [0.1, 0.15) is 5.69 Å². The van der Waals surface area contributed by atoms with Gasteiger partial charge in [-0.2, -0.15) is 0 Å². The first-order valence-electron chi connectivity index (χ1n) is 5.57. The normalized spacial score (nSPS) is 11.0. The zero-order valence-electron chi connectivity index (χ0n) is 10.1. The Morgan fingerprint density at radius 2 is 2.00 bits per heavy atom. The predicted molar refractivity (Wildman–Crippen MR) is 64.5 cm³/mol. The number of nitrogen functional groups attached to an aromatic ring is 1. The van der Waals surface area contributed by atoms with Gasteiger partial charge in [-0.25, -0.2) is 4.79 Å².